The van der Waals surface area contributed by atoms with Gasteiger partial charge in [-0.05, 0) is 32.9 Å². The van der Waals surface area contributed by atoms with Crippen LogP contribution in [0.4, 0.5) is 4.39 Å². The SMILES string of the molecule is CC(C)OC(=O)[C@H](C)N[P@@](=O)(OC[C@H]1O[C@@H](n2cc(F)c(=O)[nH]c2=O)C(Cl)(Cl)[C@@H]1O)Oc1ccccc1. The van der Waals surface area contributed by atoms with Crippen LogP contribution in [-0.4, -0.2) is 55.9 Å². The molecule has 204 valence electrons. The van der Waals surface area contributed by atoms with Crippen molar-refractivity contribution in [1.29, 1.82) is 0 Å². The first-order valence-corrected chi connectivity index (χ1v) is 13.2. The van der Waals surface area contributed by atoms with E-state index in [-0.39, 0.29) is 5.75 Å². The lowest BCUT2D eigenvalue weighted by Crippen LogP contribution is -2.42. The molecule has 2 heterocycles. The number of aliphatic hydroxyl groups excluding tert-OH is 1. The number of rotatable bonds is 10. The number of nitrogens with zero attached hydrogens (tertiary/aromatic N) is 1. The number of aromatic amines is 1. The molecule has 0 radical (unpaired) electrons. The lowest BCUT2D eigenvalue weighted by Gasteiger charge is -2.25. The van der Waals surface area contributed by atoms with E-state index in [4.69, 9.17) is 41.7 Å². The van der Waals surface area contributed by atoms with Gasteiger partial charge in [0.15, 0.2) is 10.6 Å². The lowest BCUT2D eigenvalue weighted by atomic mass is 10.2. The number of esters is 1. The third-order valence-corrected chi connectivity index (χ3v) is 7.46. The van der Waals surface area contributed by atoms with Gasteiger partial charge in [-0.3, -0.25) is 23.7 Å². The predicted molar refractivity (Wildman–Crippen MR) is 130 cm³/mol. The number of carbonyl (C=O) groups excluding carboxylic acids is 1. The van der Waals surface area contributed by atoms with Crippen LogP contribution < -0.4 is 20.9 Å². The van der Waals surface area contributed by atoms with Gasteiger partial charge in [0.2, 0.25) is 5.82 Å². The van der Waals surface area contributed by atoms with E-state index in [9.17, 15) is 28.4 Å². The van der Waals surface area contributed by atoms with Gasteiger partial charge in [0.05, 0.1) is 18.9 Å². The molecule has 16 heteroatoms. The van der Waals surface area contributed by atoms with Crippen molar-refractivity contribution < 1.29 is 37.4 Å². The van der Waals surface area contributed by atoms with E-state index in [0.29, 0.717) is 10.8 Å². The second-order valence-corrected chi connectivity index (χ2v) is 11.5. The third kappa shape index (κ3) is 6.99. The van der Waals surface area contributed by atoms with Gasteiger partial charge in [-0.25, -0.2) is 9.36 Å². The fourth-order valence-electron chi connectivity index (χ4n) is 3.25. The van der Waals surface area contributed by atoms with Crippen molar-refractivity contribution in [2.45, 2.75) is 55.7 Å². The van der Waals surface area contributed by atoms with E-state index in [2.05, 4.69) is 5.09 Å². The zero-order valence-corrected chi connectivity index (χ0v) is 22.2. The van der Waals surface area contributed by atoms with Crippen molar-refractivity contribution in [2.75, 3.05) is 6.61 Å². The number of ether oxygens (including phenoxy) is 2. The molecule has 0 unspecified atom stereocenters. The summed E-state index contributed by atoms with van der Waals surface area (Å²) < 4.78 is 47.3. The number of nitrogens with one attached hydrogen (secondary N) is 2. The maximum atomic E-state index is 13.8. The average molecular weight is 584 g/mol. The van der Waals surface area contributed by atoms with Gasteiger partial charge in [0.25, 0.3) is 5.56 Å². The van der Waals surface area contributed by atoms with Crippen LogP contribution in [0.3, 0.4) is 0 Å². The highest BCUT2D eigenvalue weighted by atomic mass is 35.5. The van der Waals surface area contributed by atoms with E-state index in [1.165, 1.54) is 19.1 Å². The summed E-state index contributed by atoms with van der Waals surface area (Å²) in [7, 11) is -4.34. The van der Waals surface area contributed by atoms with E-state index < -0.39 is 72.3 Å². The molecular formula is C21H25Cl2FN3O9P. The molecule has 0 bridgehead atoms. The monoisotopic (exact) mass is 583 g/mol. The number of halogens is 3. The summed E-state index contributed by atoms with van der Waals surface area (Å²) >= 11 is 12.4. The summed E-state index contributed by atoms with van der Waals surface area (Å²) in [4.78, 5) is 37.5. The van der Waals surface area contributed by atoms with Gasteiger partial charge < -0.3 is 19.1 Å². The minimum atomic E-state index is -4.34. The molecule has 1 aromatic heterocycles. The Labute approximate surface area is 220 Å². The molecule has 1 aromatic carbocycles. The zero-order valence-electron chi connectivity index (χ0n) is 19.8. The van der Waals surface area contributed by atoms with Crippen molar-refractivity contribution in [2.24, 2.45) is 0 Å². The van der Waals surface area contributed by atoms with Crippen LogP contribution in [0.2, 0.25) is 0 Å². The van der Waals surface area contributed by atoms with Crippen LogP contribution in [0.15, 0.2) is 46.1 Å². The van der Waals surface area contributed by atoms with Crippen LogP contribution in [0.5, 0.6) is 5.75 Å². The highest BCUT2D eigenvalue weighted by Crippen LogP contribution is 2.49. The maximum Gasteiger partial charge on any atom is 0.459 e. The molecular weight excluding hydrogens is 559 g/mol. The van der Waals surface area contributed by atoms with Gasteiger partial charge in [0.1, 0.15) is 24.0 Å². The number of para-hydroxylation sites is 1. The van der Waals surface area contributed by atoms with Crippen LogP contribution in [-0.2, 0) is 23.4 Å². The Kier molecular flexibility index (Phi) is 9.23. The highest BCUT2D eigenvalue weighted by Gasteiger charge is 2.56. The van der Waals surface area contributed by atoms with E-state index in [1.54, 1.807) is 37.0 Å². The molecule has 0 amide bonds. The van der Waals surface area contributed by atoms with E-state index in [1.807, 2.05) is 0 Å². The predicted octanol–water partition coefficient (Wildman–Crippen LogP) is 2.24. The number of hydrogen-bond donors (Lipinski definition) is 3. The molecule has 0 spiro atoms. The van der Waals surface area contributed by atoms with Gasteiger partial charge >= 0.3 is 19.4 Å². The number of H-pyrrole nitrogens is 1. The Morgan fingerprint density at radius 1 is 1.30 bits per heavy atom. The molecule has 1 aliphatic rings. The number of aliphatic hydroxyl groups is 1. The van der Waals surface area contributed by atoms with Crippen LogP contribution in [0, 0.1) is 5.82 Å². The highest BCUT2D eigenvalue weighted by molar-refractivity contribution is 7.52. The van der Waals surface area contributed by atoms with Crippen molar-refractivity contribution in [1.82, 2.24) is 14.6 Å². The number of carbonyl (C=O) groups is 1. The first kappa shape index (κ1) is 29.3. The Morgan fingerprint density at radius 2 is 1.95 bits per heavy atom. The Balaban J connectivity index is 1.82. The van der Waals surface area contributed by atoms with E-state index in [0.717, 1.165) is 0 Å². The van der Waals surface area contributed by atoms with Crippen molar-refractivity contribution in [3.8, 4) is 5.75 Å². The van der Waals surface area contributed by atoms with Crippen LogP contribution >= 0.6 is 30.9 Å². The molecule has 1 aliphatic heterocycles. The molecule has 0 aliphatic carbocycles. The third-order valence-electron chi connectivity index (χ3n) is 4.99. The summed E-state index contributed by atoms with van der Waals surface area (Å²) in [6, 6.07) is 6.76. The zero-order chi connectivity index (χ0) is 27.5. The fraction of sp³-hybridized carbons (Fsp3) is 0.476. The maximum absolute atomic E-state index is 13.8. The second kappa shape index (κ2) is 11.6. The molecule has 37 heavy (non-hydrogen) atoms. The minimum Gasteiger partial charge on any atom is -0.462 e. The molecule has 3 N–H and O–H groups in total. The quantitative estimate of drug-likeness (QED) is 0.215. The number of hydrogen-bond acceptors (Lipinski definition) is 9. The number of benzene rings is 1. The summed E-state index contributed by atoms with van der Waals surface area (Å²) in [6.45, 7) is 4.00. The molecule has 5 atom stereocenters. The smallest absolute Gasteiger partial charge is 0.459 e. The molecule has 0 saturated carbocycles. The molecule has 1 saturated heterocycles. The lowest BCUT2D eigenvalue weighted by molar-refractivity contribution is -0.149. The Hall–Kier alpha value is -2.25. The number of alkyl halides is 2. The molecule has 2 aromatic rings. The Morgan fingerprint density at radius 3 is 2.57 bits per heavy atom. The first-order chi connectivity index (χ1) is 17.2. The summed E-state index contributed by atoms with van der Waals surface area (Å²) in [5.74, 6) is -1.92. The number of aromatic nitrogens is 2. The van der Waals surface area contributed by atoms with Crippen LogP contribution in [0.1, 0.15) is 27.0 Å². The van der Waals surface area contributed by atoms with Crippen molar-refractivity contribution in [3.63, 3.8) is 0 Å². The second-order valence-electron chi connectivity index (χ2n) is 8.32. The van der Waals surface area contributed by atoms with Gasteiger partial charge in [0, 0.05) is 0 Å². The minimum absolute atomic E-state index is 0.132. The van der Waals surface area contributed by atoms with Crippen molar-refractivity contribution in [3.05, 3.63) is 63.2 Å². The summed E-state index contributed by atoms with van der Waals surface area (Å²) in [6.07, 6.45) is -4.73. The molecule has 1 fully saturated rings. The summed E-state index contributed by atoms with van der Waals surface area (Å²) in [5, 5.41) is 13.1. The largest absolute Gasteiger partial charge is 0.462 e. The van der Waals surface area contributed by atoms with E-state index >= 15 is 0 Å². The summed E-state index contributed by atoms with van der Waals surface area (Å²) in [5.41, 5.74) is -2.38. The van der Waals surface area contributed by atoms with Crippen LogP contribution in [0.25, 0.3) is 0 Å². The normalized spacial score (nSPS) is 23.4. The van der Waals surface area contributed by atoms with Crippen molar-refractivity contribution >= 4 is 36.9 Å². The first-order valence-electron chi connectivity index (χ1n) is 10.9. The topological polar surface area (TPSA) is 158 Å². The average Bonchev–Trinajstić information content (AvgIpc) is 3.03. The standard InChI is InChI=1S/C21H25Cl2FN3O9P/c1-11(2)34-18(30)12(3)26-37(32,36-13-7-5-4-6-8-13)33-10-15-16(28)21(22,23)19(35-15)27-9-14(24)17(29)25-20(27)31/h4-9,11-12,15-16,19,28H,10H2,1-3H3,(H,26,32)(H,25,29,31)/t12-,15+,16+,19+,37+/m0/s1. The molecule has 3 rings (SSSR count). The van der Waals surface area contributed by atoms with Gasteiger partial charge in [-0.1, -0.05) is 41.4 Å². The fourth-order valence-corrected chi connectivity index (χ4v) is 5.34. The molecule has 12 nitrogen and oxygen atoms in total. The van der Waals surface area contributed by atoms with Gasteiger partial charge in [-0.15, -0.1) is 0 Å². The van der Waals surface area contributed by atoms with Gasteiger partial charge in [-0.2, -0.15) is 9.48 Å². The Bertz CT molecular complexity index is 1270.